The van der Waals surface area contributed by atoms with Crippen LogP contribution in [0.25, 0.3) is 0 Å². The lowest BCUT2D eigenvalue weighted by molar-refractivity contribution is -0.169. The molecule has 0 spiro atoms. The zero-order valence-electron chi connectivity index (χ0n) is 9.06. The summed E-state index contributed by atoms with van der Waals surface area (Å²) in [5.74, 6) is -3.86. The number of carboxylic acid groups (broad SMARTS) is 2. The maximum Gasteiger partial charge on any atom is 0.317 e. The average molecular weight is 240 g/mol. The first kappa shape index (κ1) is 11.8. The largest absolute Gasteiger partial charge is 0.480 e. The summed E-state index contributed by atoms with van der Waals surface area (Å²) < 4.78 is 0. The van der Waals surface area contributed by atoms with E-state index in [0.29, 0.717) is 0 Å². The quantitative estimate of drug-likeness (QED) is 0.669. The molecule has 3 rings (SSSR count). The molecule has 92 valence electrons. The summed E-state index contributed by atoms with van der Waals surface area (Å²) in [4.78, 5) is 46.2. The second-order valence-corrected chi connectivity index (χ2v) is 4.83. The fourth-order valence-corrected chi connectivity index (χ4v) is 2.83. The molecule has 0 heterocycles. The summed E-state index contributed by atoms with van der Waals surface area (Å²) in [7, 11) is 0. The van der Waals surface area contributed by atoms with E-state index in [-0.39, 0.29) is 19.3 Å². The highest BCUT2D eigenvalue weighted by Gasteiger charge is 2.62. The van der Waals surface area contributed by atoms with Crippen LogP contribution in [0.15, 0.2) is 0 Å². The molecule has 0 aromatic carbocycles. The molecule has 0 radical (unpaired) electrons. The van der Waals surface area contributed by atoms with E-state index in [1.165, 1.54) is 0 Å². The van der Waals surface area contributed by atoms with Gasteiger partial charge in [0.1, 0.15) is 10.8 Å². The highest BCUT2D eigenvalue weighted by Crippen LogP contribution is 2.50. The fraction of sp³-hybridized carbons (Fsp3) is 0.636. The third-order valence-electron chi connectivity index (χ3n) is 4.02. The molecule has 0 aliphatic heterocycles. The first-order valence-corrected chi connectivity index (χ1v) is 5.39. The van der Waals surface area contributed by atoms with Crippen molar-refractivity contribution < 1.29 is 29.4 Å². The number of rotatable bonds is 2. The lowest BCUT2D eigenvalue weighted by Gasteiger charge is -2.35. The maximum atomic E-state index is 11.9. The molecule has 0 amide bonds. The molecule has 3 aliphatic rings. The van der Waals surface area contributed by atoms with Gasteiger partial charge in [-0.2, -0.15) is 0 Å². The van der Waals surface area contributed by atoms with Crippen molar-refractivity contribution in [2.75, 3.05) is 0 Å². The minimum Gasteiger partial charge on any atom is -0.480 e. The standard InChI is InChI=1S/C11H12O6/c12-6-5-11(9(16)17)3-1-2-10(6,8(14)15)4-7(11)13/h1-5H2,(H,14,15)(H,16,17). The zero-order chi connectivity index (χ0) is 12.8. The van der Waals surface area contributed by atoms with Crippen molar-refractivity contribution in [1.82, 2.24) is 0 Å². The van der Waals surface area contributed by atoms with Crippen molar-refractivity contribution >= 4 is 23.5 Å². The Bertz CT molecular complexity index is 399. The van der Waals surface area contributed by atoms with Crippen molar-refractivity contribution in [1.29, 1.82) is 0 Å². The van der Waals surface area contributed by atoms with Crippen LogP contribution in [0.3, 0.4) is 0 Å². The number of aliphatic carboxylic acids is 2. The Kier molecular flexibility index (Phi) is 2.34. The van der Waals surface area contributed by atoms with Gasteiger partial charge in [0.2, 0.25) is 0 Å². The van der Waals surface area contributed by atoms with Gasteiger partial charge in [-0.1, -0.05) is 6.42 Å². The van der Waals surface area contributed by atoms with E-state index in [2.05, 4.69) is 0 Å². The number of hydrogen-bond acceptors (Lipinski definition) is 4. The number of carbonyl (C=O) groups is 4. The fourth-order valence-electron chi connectivity index (χ4n) is 2.83. The Balaban J connectivity index is 2.52. The molecule has 2 atom stereocenters. The van der Waals surface area contributed by atoms with Crippen molar-refractivity contribution in [2.45, 2.75) is 32.1 Å². The Morgan fingerprint density at radius 2 is 1.24 bits per heavy atom. The molecule has 17 heavy (non-hydrogen) atoms. The number of fused-ring (bicyclic) bond motifs is 4. The van der Waals surface area contributed by atoms with Crippen molar-refractivity contribution in [3.05, 3.63) is 0 Å². The molecule has 0 aromatic heterocycles. The van der Waals surface area contributed by atoms with Crippen LogP contribution < -0.4 is 0 Å². The van der Waals surface area contributed by atoms with Crippen molar-refractivity contribution in [2.24, 2.45) is 10.8 Å². The molecule has 2 bridgehead atoms. The number of carbonyl (C=O) groups excluding carboxylic acids is 2. The maximum absolute atomic E-state index is 11.9. The summed E-state index contributed by atoms with van der Waals surface area (Å²) in [5, 5.41) is 18.3. The third-order valence-corrected chi connectivity index (χ3v) is 4.02. The summed E-state index contributed by atoms with van der Waals surface area (Å²) in [6, 6.07) is 0. The van der Waals surface area contributed by atoms with E-state index < -0.39 is 47.2 Å². The number of carboxylic acids is 2. The second kappa shape index (κ2) is 3.38. The van der Waals surface area contributed by atoms with Crippen LogP contribution in [-0.4, -0.2) is 33.7 Å². The van der Waals surface area contributed by atoms with Crippen molar-refractivity contribution in [3.63, 3.8) is 0 Å². The topological polar surface area (TPSA) is 109 Å². The van der Waals surface area contributed by atoms with Crippen LogP contribution in [0.4, 0.5) is 0 Å². The molecule has 3 aliphatic carbocycles. The van der Waals surface area contributed by atoms with Gasteiger partial charge in [0.25, 0.3) is 0 Å². The Morgan fingerprint density at radius 3 is 1.53 bits per heavy atom. The van der Waals surface area contributed by atoms with Gasteiger partial charge >= 0.3 is 11.9 Å². The SMILES string of the molecule is O=C(O)C12CCCC(C(=O)O)(CC1=O)C(=O)C2. The first-order valence-electron chi connectivity index (χ1n) is 5.39. The number of hydrogen-bond donors (Lipinski definition) is 2. The molecule has 3 fully saturated rings. The lowest BCUT2D eigenvalue weighted by atomic mass is 9.63. The van der Waals surface area contributed by atoms with E-state index in [1.807, 2.05) is 0 Å². The van der Waals surface area contributed by atoms with E-state index >= 15 is 0 Å². The van der Waals surface area contributed by atoms with Crippen LogP contribution >= 0.6 is 0 Å². The van der Waals surface area contributed by atoms with Gasteiger partial charge in [-0.25, -0.2) is 0 Å². The summed E-state index contributed by atoms with van der Waals surface area (Å²) >= 11 is 0. The van der Waals surface area contributed by atoms with E-state index in [0.717, 1.165) is 0 Å². The Morgan fingerprint density at radius 1 is 0.882 bits per heavy atom. The summed E-state index contributed by atoms with van der Waals surface area (Å²) in [6.07, 6.45) is -0.569. The van der Waals surface area contributed by atoms with Gasteiger partial charge in [0, 0.05) is 12.8 Å². The summed E-state index contributed by atoms with van der Waals surface area (Å²) in [6.45, 7) is 0. The lowest BCUT2D eigenvalue weighted by Crippen LogP contribution is -2.52. The number of ketones is 2. The first-order chi connectivity index (χ1) is 7.85. The molecule has 6 nitrogen and oxygen atoms in total. The van der Waals surface area contributed by atoms with Gasteiger partial charge in [-0.05, 0) is 12.8 Å². The van der Waals surface area contributed by atoms with Crippen LogP contribution in [0.2, 0.25) is 0 Å². The van der Waals surface area contributed by atoms with Gasteiger partial charge in [-0.3, -0.25) is 19.2 Å². The van der Waals surface area contributed by atoms with Gasteiger partial charge in [-0.15, -0.1) is 0 Å². The molecule has 3 saturated carbocycles. The van der Waals surface area contributed by atoms with Gasteiger partial charge < -0.3 is 10.2 Å². The Labute approximate surface area is 96.6 Å². The van der Waals surface area contributed by atoms with Crippen LogP contribution in [0, 0.1) is 10.8 Å². The van der Waals surface area contributed by atoms with Crippen LogP contribution in [-0.2, 0) is 19.2 Å². The highest BCUT2D eigenvalue weighted by atomic mass is 16.4. The minimum atomic E-state index is -1.67. The van der Waals surface area contributed by atoms with E-state index in [9.17, 15) is 19.2 Å². The van der Waals surface area contributed by atoms with Gasteiger partial charge in [0.05, 0.1) is 0 Å². The normalized spacial score (nSPS) is 36.7. The van der Waals surface area contributed by atoms with Crippen molar-refractivity contribution in [3.8, 4) is 0 Å². The van der Waals surface area contributed by atoms with E-state index in [1.54, 1.807) is 0 Å². The molecule has 0 saturated heterocycles. The second-order valence-electron chi connectivity index (χ2n) is 4.83. The molecule has 0 aromatic rings. The minimum absolute atomic E-state index is 0.0575. The number of Topliss-reactive ketones (excluding diaryl/α,β-unsaturated/α-hetero) is 2. The molecule has 6 heteroatoms. The molecular formula is C11H12O6. The predicted octanol–water partition coefficient (Wildman–Crippen LogP) is 0.244. The summed E-state index contributed by atoms with van der Waals surface area (Å²) in [5.41, 5.74) is -3.35. The molecular weight excluding hydrogens is 228 g/mol. The average Bonchev–Trinajstić information content (AvgIpc) is 2.46. The smallest absolute Gasteiger partial charge is 0.317 e. The van der Waals surface area contributed by atoms with Crippen LogP contribution in [0.5, 0.6) is 0 Å². The van der Waals surface area contributed by atoms with Crippen LogP contribution in [0.1, 0.15) is 32.1 Å². The monoisotopic (exact) mass is 240 g/mol. The Hall–Kier alpha value is -1.72. The van der Waals surface area contributed by atoms with E-state index in [4.69, 9.17) is 10.2 Å². The molecule has 2 unspecified atom stereocenters. The van der Waals surface area contributed by atoms with Gasteiger partial charge in [0.15, 0.2) is 11.6 Å². The predicted molar refractivity (Wildman–Crippen MR) is 53.2 cm³/mol. The highest BCUT2D eigenvalue weighted by molar-refractivity contribution is 6.17. The molecule has 2 N–H and O–H groups in total. The third kappa shape index (κ3) is 1.33. The zero-order valence-corrected chi connectivity index (χ0v) is 9.06.